The van der Waals surface area contributed by atoms with Crippen LogP contribution in [-0.2, 0) is 0 Å². The molecule has 28 heavy (non-hydrogen) atoms. The molecule has 3 nitrogen and oxygen atoms in total. The molecule has 2 aliphatic carbocycles. The van der Waals surface area contributed by atoms with Crippen LogP contribution >= 0.6 is 23.7 Å². The van der Waals surface area contributed by atoms with Crippen molar-refractivity contribution in [1.29, 1.82) is 0 Å². The minimum absolute atomic E-state index is 0. The van der Waals surface area contributed by atoms with E-state index >= 15 is 0 Å². The number of anilines is 1. The molecule has 2 aromatic rings. The average Bonchev–Trinajstić information content (AvgIpc) is 3.31. The van der Waals surface area contributed by atoms with Crippen molar-refractivity contribution in [1.82, 2.24) is 4.90 Å². The highest BCUT2D eigenvalue weighted by Crippen LogP contribution is 2.52. The number of carbonyl (C=O) groups is 1. The first-order valence-electron chi connectivity index (χ1n) is 10.4. The highest BCUT2D eigenvalue weighted by molar-refractivity contribution is 7.12. The van der Waals surface area contributed by atoms with Crippen molar-refractivity contribution >= 4 is 35.3 Å². The van der Waals surface area contributed by atoms with E-state index in [1.165, 1.54) is 45.3 Å². The standard InChI is InChI=1S/C23H28N2OS.ClH/c26-22(21-7-4-14-27-21)25(19-5-2-1-3-6-19)20-15-23(16-20)10-12-24(13-11-23)17-18-8-9-18;/h1-7,14,18,20H,8-13,15-17H2;1H. The number of amides is 1. The first-order valence-corrected chi connectivity index (χ1v) is 11.2. The van der Waals surface area contributed by atoms with Gasteiger partial charge in [0.25, 0.3) is 5.91 Å². The SMILES string of the molecule is Cl.O=C(c1cccs1)N(c1ccccc1)C1CC2(CCN(CC3CC3)CC2)C1. The highest BCUT2D eigenvalue weighted by atomic mass is 35.5. The molecule has 3 aliphatic rings. The van der Waals surface area contributed by atoms with Crippen LogP contribution in [0.4, 0.5) is 5.69 Å². The van der Waals surface area contributed by atoms with E-state index in [-0.39, 0.29) is 18.3 Å². The Bertz CT molecular complexity index is 774. The van der Waals surface area contributed by atoms with Crippen molar-refractivity contribution in [3.05, 3.63) is 52.7 Å². The quantitative estimate of drug-likeness (QED) is 0.645. The zero-order valence-electron chi connectivity index (χ0n) is 16.3. The van der Waals surface area contributed by atoms with Gasteiger partial charge in [-0.2, -0.15) is 0 Å². The van der Waals surface area contributed by atoms with Gasteiger partial charge in [0.15, 0.2) is 0 Å². The molecule has 1 saturated heterocycles. The van der Waals surface area contributed by atoms with E-state index < -0.39 is 0 Å². The minimum Gasteiger partial charge on any atom is -0.305 e. The van der Waals surface area contributed by atoms with Crippen LogP contribution in [0.1, 0.15) is 48.2 Å². The van der Waals surface area contributed by atoms with E-state index in [0.29, 0.717) is 11.5 Å². The molecule has 2 heterocycles. The second-order valence-electron chi connectivity index (χ2n) is 8.79. The van der Waals surface area contributed by atoms with Gasteiger partial charge in [0, 0.05) is 18.3 Å². The Morgan fingerprint density at radius 1 is 1.07 bits per heavy atom. The summed E-state index contributed by atoms with van der Waals surface area (Å²) in [5, 5.41) is 1.99. The fourth-order valence-corrected chi connectivity index (χ4v) is 5.67. The Balaban J connectivity index is 0.00000192. The van der Waals surface area contributed by atoms with E-state index in [1.807, 2.05) is 35.7 Å². The zero-order chi connectivity index (χ0) is 18.3. The molecule has 1 spiro atoms. The van der Waals surface area contributed by atoms with Gasteiger partial charge in [-0.05, 0) is 86.5 Å². The molecular weight excluding hydrogens is 388 g/mol. The van der Waals surface area contributed by atoms with Crippen molar-refractivity contribution in [2.24, 2.45) is 11.3 Å². The third kappa shape index (κ3) is 4.00. The Morgan fingerprint density at radius 2 is 1.79 bits per heavy atom. The molecule has 1 amide bonds. The molecule has 3 fully saturated rings. The highest BCUT2D eigenvalue weighted by Gasteiger charge is 2.49. The molecule has 1 aromatic carbocycles. The third-order valence-electron chi connectivity index (χ3n) is 6.82. The van der Waals surface area contributed by atoms with Crippen molar-refractivity contribution < 1.29 is 4.79 Å². The van der Waals surface area contributed by atoms with E-state index in [9.17, 15) is 4.79 Å². The van der Waals surface area contributed by atoms with Crippen LogP contribution < -0.4 is 4.90 Å². The normalized spacial score (nSPS) is 21.7. The number of piperidine rings is 1. The summed E-state index contributed by atoms with van der Waals surface area (Å²) in [4.78, 5) is 18.8. The molecule has 0 radical (unpaired) electrons. The van der Waals surface area contributed by atoms with Gasteiger partial charge in [-0.1, -0.05) is 24.3 Å². The van der Waals surface area contributed by atoms with E-state index in [4.69, 9.17) is 0 Å². The van der Waals surface area contributed by atoms with Crippen LogP contribution in [0.25, 0.3) is 0 Å². The van der Waals surface area contributed by atoms with Crippen LogP contribution in [0.2, 0.25) is 0 Å². The lowest BCUT2D eigenvalue weighted by Crippen LogP contribution is -2.56. The lowest BCUT2D eigenvalue weighted by molar-refractivity contribution is 0.0141. The van der Waals surface area contributed by atoms with E-state index in [0.717, 1.165) is 29.3 Å². The smallest absolute Gasteiger partial charge is 0.268 e. The Morgan fingerprint density at radius 3 is 2.39 bits per heavy atom. The number of nitrogens with zero attached hydrogens (tertiary/aromatic N) is 2. The van der Waals surface area contributed by atoms with Crippen molar-refractivity contribution in [2.45, 2.75) is 44.6 Å². The van der Waals surface area contributed by atoms with Gasteiger partial charge in [-0.25, -0.2) is 0 Å². The number of thiophene rings is 1. The summed E-state index contributed by atoms with van der Waals surface area (Å²) < 4.78 is 0. The minimum atomic E-state index is 0. The fourth-order valence-electron chi connectivity index (χ4n) is 5.01. The topological polar surface area (TPSA) is 23.6 Å². The van der Waals surface area contributed by atoms with Gasteiger partial charge in [-0.15, -0.1) is 23.7 Å². The lowest BCUT2D eigenvalue weighted by Gasteiger charge is -2.55. The number of benzene rings is 1. The zero-order valence-corrected chi connectivity index (χ0v) is 17.9. The van der Waals surface area contributed by atoms with Gasteiger partial charge in [-0.3, -0.25) is 4.79 Å². The maximum absolute atomic E-state index is 13.2. The summed E-state index contributed by atoms with van der Waals surface area (Å²) in [5.74, 6) is 1.16. The second-order valence-corrected chi connectivity index (χ2v) is 9.74. The monoisotopic (exact) mass is 416 g/mol. The third-order valence-corrected chi connectivity index (χ3v) is 7.68. The van der Waals surface area contributed by atoms with Crippen molar-refractivity contribution in [3.8, 4) is 0 Å². The lowest BCUT2D eigenvalue weighted by atomic mass is 9.60. The number of carbonyl (C=O) groups excluding carboxylic acids is 1. The molecular formula is C23H29ClN2OS. The molecule has 1 aromatic heterocycles. The maximum Gasteiger partial charge on any atom is 0.268 e. The predicted molar refractivity (Wildman–Crippen MR) is 119 cm³/mol. The Hall–Kier alpha value is -1.36. The number of hydrogen-bond donors (Lipinski definition) is 0. The second kappa shape index (κ2) is 8.17. The van der Waals surface area contributed by atoms with Gasteiger partial charge in [0.1, 0.15) is 0 Å². The first-order chi connectivity index (χ1) is 13.2. The van der Waals surface area contributed by atoms with Gasteiger partial charge in [0.2, 0.25) is 0 Å². The summed E-state index contributed by atoms with van der Waals surface area (Å²) in [6, 6.07) is 14.5. The molecule has 5 rings (SSSR count). The number of likely N-dealkylation sites (tertiary alicyclic amines) is 1. The van der Waals surface area contributed by atoms with Gasteiger partial charge < -0.3 is 9.80 Å². The first kappa shape index (κ1) is 19.9. The molecule has 0 atom stereocenters. The summed E-state index contributed by atoms with van der Waals surface area (Å²) >= 11 is 1.55. The molecule has 150 valence electrons. The number of halogens is 1. The number of rotatable bonds is 5. The average molecular weight is 417 g/mol. The van der Waals surface area contributed by atoms with Crippen molar-refractivity contribution in [2.75, 3.05) is 24.5 Å². The summed E-state index contributed by atoms with van der Waals surface area (Å²) in [5.41, 5.74) is 1.52. The maximum atomic E-state index is 13.2. The largest absolute Gasteiger partial charge is 0.305 e. The predicted octanol–water partition coefficient (Wildman–Crippen LogP) is 5.47. The summed E-state index contributed by atoms with van der Waals surface area (Å²) in [6.45, 7) is 3.84. The molecule has 5 heteroatoms. The van der Waals surface area contributed by atoms with Crippen molar-refractivity contribution in [3.63, 3.8) is 0 Å². The molecule has 2 saturated carbocycles. The van der Waals surface area contributed by atoms with Crippen LogP contribution in [0.3, 0.4) is 0 Å². The van der Waals surface area contributed by atoms with E-state index in [2.05, 4.69) is 21.9 Å². The Kier molecular flexibility index (Phi) is 5.82. The Labute approximate surface area is 178 Å². The summed E-state index contributed by atoms with van der Waals surface area (Å²) in [6.07, 6.45) is 7.84. The van der Waals surface area contributed by atoms with Gasteiger partial charge >= 0.3 is 0 Å². The molecule has 0 bridgehead atoms. The summed E-state index contributed by atoms with van der Waals surface area (Å²) in [7, 11) is 0. The fraction of sp³-hybridized carbons (Fsp3) is 0.522. The molecule has 1 aliphatic heterocycles. The van der Waals surface area contributed by atoms with Crippen LogP contribution in [0.5, 0.6) is 0 Å². The van der Waals surface area contributed by atoms with Crippen LogP contribution in [0.15, 0.2) is 47.8 Å². The van der Waals surface area contributed by atoms with E-state index in [1.54, 1.807) is 11.3 Å². The number of para-hydroxylation sites is 1. The van der Waals surface area contributed by atoms with Crippen LogP contribution in [-0.4, -0.2) is 36.5 Å². The van der Waals surface area contributed by atoms with Crippen LogP contribution in [0, 0.1) is 11.3 Å². The molecule has 0 unspecified atom stereocenters. The number of hydrogen-bond acceptors (Lipinski definition) is 3. The molecule has 0 N–H and O–H groups in total. The van der Waals surface area contributed by atoms with Gasteiger partial charge in [0.05, 0.1) is 4.88 Å².